The van der Waals surface area contributed by atoms with Crippen molar-refractivity contribution in [2.24, 2.45) is 0 Å². The Bertz CT molecular complexity index is 202. The van der Waals surface area contributed by atoms with Crippen LogP contribution < -0.4 is 0 Å². The average Bonchev–Trinajstić information content (AvgIpc) is 2.02. The molecule has 0 aromatic rings. The van der Waals surface area contributed by atoms with Gasteiger partial charge in [0.1, 0.15) is 6.61 Å². The Morgan fingerprint density at radius 1 is 0.933 bits per heavy atom. The van der Waals surface area contributed by atoms with Gasteiger partial charge in [-0.2, -0.15) is 30.7 Å². The predicted octanol–water partition coefficient (Wildman–Crippen LogP) is 3.07. The van der Waals surface area contributed by atoms with Gasteiger partial charge in [-0.25, -0.2) is 0 Å². The van der Waals surface area contributed by atoms with Crippen LogP contribution in [0.1, 0.15) is 0 Å². The molecule has 92 valence electrons. The van der Waals surface area contributed by atoms with Crippen LogP contribution in [0.25, 0.3) is 0 Å². The Morgan fingerprint density at radius 2 is 1.40 bits per heavy atom. The van der Waals surface area contributed by atoms with Crippen LogP contribution in [-0.2, 0) is 4.74 Å². The normalized spacial score (nSPS) is 14.4. The van der Waals surface area contributed by atoms with Gasteiger partial charge in [0.25, 0.3) is 0 Å². The maximum absolute atomic E-state index is 12.4. The van der Waals surface area contributed by atoms with Crippen molar-refractivity contribution in [1.82, 2.24) is 0 Å². The Labute approximate surface area is 85.1 Å². The van der Waals surface area contributed by atoms with Crippen LogP contribution in [-0.4, -0.2) is 37.1 Å². The van der Waals surface area contributed by atoms with Crippen molar-refractivity contribution in [3.05, 3.63) is 0 Å². The van der Waals surface area contributed by atoms with Gasteiger partial charge in [0.2, 0.25) is 0 Å². The summed E-state index contributed by atoms with van der Waals surface area (Å²) in [7, 11) is 0. The van der Waals surface area contributed by atoms with Crippen molar-refractivity contribution in [2.75, 3.05) is 19.1 Å². The van der Waals surface area contributed by atoms with Gasteiger partial charge in [-0.05, 0) is 0 Å². The second-order valence-corrected chi connectivity index (χ2v) is 2.90. The van der Waals surface area contributed by atoms with Gasteiger partial charge in [-0.15, -0.1) is 11.6 Å². The Morgan fingerprint density at radius 3 is 1.73 bits per heavy atom. The molecule has 0 unspecified atom stereocenters. The molecule has 0 fully saturated rings. The second kappa shape index (κ2) is 4.73. The summed E-state index contributed by atoms with van der Waals surface area (Å²) in [6, 6.07) is 0. The van der Waals surface area contributed by atoms with Gasteiger partial charge in [0.05, 0.1) is 6.61 Å². The minimum Gasteiger partial charge on any atom is -0.374 e. The van der Waals surface area contributed by atoms with Crippen molar-refractivity contribution in [3.63, 3.8) is 0 Å². The molecule has 0 N–H and O–H groups in total. The van der Waals surface area contributed by atoms with E-state index in [1.54, 1.807) is 0 Å². The minimum absolute atomic E-state index is 0.284. The molecule has 0 saturated heterocycles. The van der Waals surface area contributed by atoms with Gasteiger partial charge in [0, 0.05) is 5.88 Å². The third-order valence-corrected chi connectivity index (χ3v) is 1.47. The van der Waals surface area contributed by atoms with Crippen LogP contribution in [0.15, 0.2) is 0 Å². The third-order valence-electron chi connectivity index (χ3n) is 1.32. The summed E-state index contributed by atoms with van der Waals surface area (Å²) in [5, 5.41) is 0. The van der Waals surface area contributed by atoms with E-state index in [1.165, 1.54) is 0 Å². The van der Waals surface area contributed by atoms with Gasteiger partial charge in [-0.3, -0.25) is 0 Å². The lowest BCUT2D eigenvalue weighted by Gasteiger charge is -2.27. The second-order valence-electron chi connectivity index (χ2n) is 2.52. The van der Waals surface area contributed by atoms with Crippen molar-refractivity contribution < 1.29 is 35.5 Å². The van der Waals surface area contributed by atoms with Crippen LogP contribution in [0.3, 0.4) is 0 Å². The van der Waals surface area contributed by atoms with E-state index < -0.39 is 31.2 Å². The molecule has 0 atom stereocenters. The molecule has 15 heavy (non-hydrogen) atoms. The van der Waals surface area contributed by atoms with E-state index in [-0.39, 0.29) is 5.88 Å². The first-order valence-corrected chi connectivity index (χ1v) is 4.06. The smallest absolute Gasteiger partial charge is 0.374 e. The first-order chi connectivity index (χ1) is 6.56. The summed E-state index contributed by atoms with van der Waals surface area (Å²) in [5.41, 5.74) is 0. The molecule has 0 bridgehead atoms. The zero-order valence-corrected chi connectivity index (χ0v) is 7.81. The molecule has 0 amide bonds. The Hall–Kier alpha value is -0.240. The largest absolute Gasteiger partial charge is 0.459 e. The third kappa shape index (κ3) is 3.37. The summed E-state index contributed by atoms with van der Waals surface area (Å²) >= 11 is 4.95. The van der Waals surface area contributed by atoms with Crippen molar-refractivity contribution >= 4 is 11.6 Å². The lowest BCUT2D eigenvalue weighted by molar-refractivity contribution is -0.361. The van der Waals surface area contributed by atoms with E-state index in [1.807, 2.05) is 0 Å². The van der Waals surface area contributed by atoms with Crippen LogP contribution in [0.5, 0.6) is 0 Å². The standard InChI is InChI=1S/C6H6ClF7O/c7-1-2-15-3-4(8,9)5(10,11)6(12,13)14/h1-3H2. The van der Waals surface area contributed by atoms with Crippen LogP contribution >= 0.6 is 11.6 Å². The van der Waals surface area contributed by atoms with Gasteiger partial charge in [0.15, 0.2) is 0 Å². The van der Waals surface area contributed by atoms with Gasteiger partial charge >= 0.3 is 18.0 Å². The fourth-order valence-corrected chi connectivity index (χ4v) is 0.662. The molecule has 0 saturated carbocycles. The van der Waals surface area contributed by atoms with Crippen molar-refractivity contribution in [3.8, 4) is 0 Å². The molecule has 0 aliphatic rings. The molecule has 0 aromatic heterocycles. The molecule has 1 nitrogen and oxygen atoms in total. The van der Waals surface area contributed by atoms with Gasteiger partial charge in [-0.1, -0.05) is 0 Å². The quantitative estimate of drug-likeness (QED) is 0.420. The topological polar surface area (TPSA) is 9.23 Å². The SMILES string of the molecule is FC(F)(F)C(F)(F)C(F)(F)COCCCl. The summed E-state index contributed by atoms with van der Waals surface area (Å²) in [4.78, 5) is 0. The highest BCUT2D eigenvalue weighted by Gasteiger charge is 2.72. The molecule has 0 heterocycles. The van der Waals surface area contributed by atoms with E-state index >= 15 is 0 Å². The number of ether oxygens (including phenoxy) is 1. The average molecular weight is 263 g/mol. The minimum atomic E-state index is -6.32. The number of alkyl halides is 8. The summed E-state index contributed by atoms with van der Waals surface area (Å²) in [6.07, 6.45) is -6.32. The highest BCUT2D eigenvalue weighted by molar-refractivity contribution is 6.17. The number of halogens is 8. The van der Waals surface area contributed by atoms with E-state index in [4.69, 9.17) is 11.6 Å². The van der Waals surface area contributed by atoms with Crippen LogP contribution in [0.4, 0.5) is 30.7 Å². The maximum atomic E-state index is 12.4. The van der Waals surface area contributed by atoms with E-state index in [0.717, 1.165) is 0 Å². The molecule has 0 aromatic carbocycles. The molecule has 0 rings (SSSR count). The summed E-state index contributed by atoms with van der Waals surface area (Å²) < 4.78 is 87.5. The molecule has 0 aliphatic heterocycles. The highest BCUT2D eigenvalue weighted by Crippen LogP contribution is 2.46. The van der Waals surface area contributed by atoms with Crippen LogP contribution in [0, 0.1) is 0 Å². The van der Waals surface area contributed by atoms with Crippen LogP contribution in [0.2, 0.25) is 0 Å². The number of rotatable bonds is 5. The maximum Gasteiger partial charge on any atom is 0.459 e. The monoisotopic (exact) mass is 262 g/mol. The fourth-order valence-electron chi connectivity index (χ4n) is 0.553. The summed E-state index contributed by atoms with van der Waals surface area (Å²) in [5.74, 6) is -11.7. The molecular formula is C6H6ClF7O. The summed E-state index contributed by atoms with van der Waals surface area (Å²) in [6.45, 7) is -2.57. The first-order valence-electron chi connectivity index (χ1n) is 3.52. The van der Waals surface area contributed by atoms with E-state index in [9.17, 15) is 30.7 Å². The lowest BCUT2D eigenvalue weighted by atomic mass is 10.2. The molecular weight excluding hydrogens is 257 g/mol. The molecule has 0 spiro atoms. The zero-order valence-electron chi connectivity index (χ0n) is 7.05. The molecule has 9 heteroatoms. The van der Waals surface area contributed by atoms with Crippen molar-refractivity contribution in [2.45, 2.75) is 18.0 Å². The fraction of sp³-hybridized carbons (Fsp3) is 1.00. The highest BCUT2D eigenvalue weighted by atomic mass is 35.5. The van der Waals surface area contributed by atoms with Gasteiger partial charge < -0.3 is 4.74 Å². The molecule has 0 aliphatic carbocycles. The Balaban J connectivity index is 4.56. The first kappa shape index (κ1) is 14.8. The zero-order chi connectivity index (χ0) is 12.3. The van der Waals surface area contributed by atoms with E-state index in [2.05, 4.69) is 4.74 Å². The van der Waals surface area contributed by atoms with Crippen molar-refractivity contribution in [1.29, 1.82) is 0 Å². The number of hydrogen-bond acceptors (Lipinski definition) is 1. The Kier molecular flexibility index (Phi) is 4.66. The number of hydrogen-bond donors (Lipinski definition) is 0. The van der Waals surface area contributed by atoms with E-state index in [0.29, 0.717) is 0 Å². The molecule has 0 radical (unpaired) electrons. The predicted molar refractivity (Wildman–Crippen MR) is 37.5 cm³/mol. The lowest BCUT2D eigenvalue weighted by Crippen LogP contribution is -2.54.